The summed E-state index contributed by atoms with van der Waals surface area (Å²) in [5.74, 6) is 0.217. The van der Waals surface area contributed by atoms with Crippen molar-refractivity contribution >= 4 is 47.2 Å². The van der Waals surface area contributed by atoms with Gasteiger partial charge in [-0.25, -0.2) is 0 Å². The summed E-state index contributed by atoms with van der Waals surface area (Å²) < 4.78 is 0. The zero-order chi connectivity index (χ0) is 14.0. The van der Waals surface area contributed by atoms with Gasteiger partial charge in [0.1, 0.15) is 0 Å². The Bertz CT molecular complexity index is 449. The van der Waals surface area contributed by atoms with E-state index < -0.39 is 12.1 Å². The first-order valence-corrected chi connectivity index (χ1v) is 7.72. The average molecular weight is 359 g/mol. The molecule has 0 radical (unpaired) electrons. The summed E-state index contributed by atoms with van der Waals surface area (Å²) in [6, 6.07) is 2.70. The van der Waals surface area contributed by atoms with Crippen LogP contribution in [0.3, 0.4) is 0 Å². The molecule has 0 aromatic heterocycles. The first-order valence-electron chi connectivity index (χ1n) is 6.59. The molecule has 2 rings (SSSR count). The normalized spacial score (nSPS) is 19.2. The summed E-state index contributed by atoms with van der Waals surface area (Å²) in [5, 5.41) is 11.7. The van der Waals surface area contributed by atoms with Crippen molar-refractivity contribution in [1.29, 1.82) is 0 Å². The number of rotatable bonds is 3. The number of benzene rings is 1. The van der Waals surface area contributed by atoms with Crippen molar-refractivity contribution in [1.82, 2.24) is 0 Å². The summed E-state index contributed by atoms with van der Waals surface area (Å²) >= 11 is 18.3. The van der Waals surface area contributed by atoms with Crippen molar-refractivity contribution in [2.75, 3.05) is 0 Å². The van der Waals surface area contributed by atoms with Gasteiger partial charge in [0, 0.05) is 10.6 Å². The zero-order valence-electron chi connectivity index (χ0n) is 11.0. The molecule has 1 aliphatic carbocycles. The molecule has 0 amide bonds. The van der Waals surface area contributed by atoms with E-state index in [1.165, 1.54) is 6.42 Å². The second-order valence-corrected chi connectivity index (χ2v) is 6.36. The minimum Gasteiger partial charge on any atom is -0.391 e. The molecule has 1 aromatic carbocycles. The van der Waals surface area contributed by atoms with Gasteiger partial charge in [-0.3, -0.25) is 0 Å². The maximum Gasteiger partial charge on any atom is 0.0761 e. The molecule has 20 heavy (non-hydrogen) atoms. The Morgan fingerprint density at radius 2 is 1.60 bits per heavy atom. The fraction of sp³-hybridized carbons (Fsp3) is 0.571. The standard InChI is InChI=1S/C14H18Cl3NO.ClH/c15-9-6-7-10(16)12(17)11(9)13(18)14(19)8-4-2-1-3-5-8;/h6-8,13-14,19H,1-5,18H2;1H/t13-,14+;/m0./s1. The van der Waals surface area contributed by atoms with Crippen molar-refractivity contribution in [2.45, 2.75) is 44.2 Å². The molecule has 0 saturated heterocycles. The topological polar surface area (TPSA) is 46.2 Å². The lowest BCUT2D eigenvalue weighted by Crippen LogP contribution is -2.34. The van der Waals surface area contributed by atoms with Crippen molar-refractivity contribution in [3.63, 3.8) is 0 Å². The quantitative estimate of drug-likeness (QED) is 0.746. The van der Waals surface area contributed by atoms with Gasteiger partial charge in [-0.05, 0) is 30.9 Å². The second-order valence-electron chi connectivity index (χ2n) is 5.17. The van der Waals surface area contributed by atoms with Crippen LogP contribution < -0.4 is 5.73 Å². The smallest absolute Gasteiger partial charge is 0.0761 e. The molecule has 0 aliphatic heterocycles. The van der Waals surface area contributed by atoms with Crippen LogP contribution in [0, 0.1) is 5.92 Å². The Labute approximate surface area is 141 Å². The van der Waals surface area contributed by atoms with E-state index in [-0.39, 0.29) is 18.3 Å². The molecular formula is C14H19Cl4NO. The van der Waals surface area contributed by atoms with Crippen LogP contribution in [-0.4, -0.2) is 11.2 Å². The van der Waals surface area contributed by atoms with E-state index in [2.05, 4.69) is 0 Å². The number of hydrogen-bond acceptors (Lipinski definition) is 2. The highest BCUT2D eigenvalue weighted by atomic mass is 35.5. The molecule has 1 saturated carbocycles. The first kappa shape index (κ1) is 18.3. The van der Waals surface area contributed by atoms with Crippen LogP contribution in [0.25, 0.3) is 0 Å². The Balaban J connectivity index is 0.00000200. The van der Waals surface area contributed by atoms with Gasteiger partial charge in [-0.1, -0.05) is 54.1 Å². The third-order valence-electron chi connectivity index (χ3n) is 3.91. The zero-order valence-corrected chi connectivity index (χ0v) is 14.1. The van der Waals surface area contributed by atoms with Gasteiger partial charge in [0.2, 0.25) is 0 Å². The van der Waals surface area contributed by atoms with Gasteiger partial charge < -0.3 is 10.8 Å². The minimum atomic E-state index is -0.631. The molecule has 0 unspecified atom stereocenters. The largest absolute Gasteiger partial charge is 0.391 e. The molecule has 114 valence electrons. The maximum absolute atomic E-state index is 10.5. The predicted octanol–water partition coefficient (Wildman–Crippen LogP) is 5.01. The number of hydrogen-bond donors (Lipinski definition) is 2. The summed E-state index contributed by atoms with van der Waals surface area (Å²) in [6.07, 6.45) is 4.90. The number of halogens is 4. The van der Waals surface area contributed by atoms with E-state index in [4.69, 9.17) is 40.5 Å². The highest BCUT2D eigenvalue weighted by Gasteiger charge is 2.30. The lowest BCUT2D eigenvalue weighted by atomic mass is 9.81. The molecule has 2 atom stereocenters. The lowest BCUT2D eigenvalue weighted by Gasteiger charge is -2.31. The third kappa shape index (κ3) is 3.94. The molecule has 2 nitrogen and oxygen atoms in total. The van der Waals surface area contributed by atoms with Crippen LogP contribution in [0.2, 0.25) is 15.1 Å². The molecule has 0 heterocycles. The fourth-order valence-electron chi connectivity index (χ4n) is 2.79. The summed E-state index contributed by atoms with van der Waals surface area (Å²) in [7, 11) is 0. The van der Waals surface area contributed by atoms with Crippen LogP contribution in [0.5, 0.6) is 0 Å². The van der Waals surface area contributed by atoms with E-state index >= 15 is 0 Å². The van der Waals surface area contributed by atoms with E-state index in [1.54, 1.807) is 12.1 Å². The SMILES string of the molecule is Cl.N[C@@H](c1c(Cl)ccc(Cl)c1Cl)[C@H](O)C1CCCCC1. The predicted molar refractivity (Wildman–Crippen MR) is 88.2 cm³/mol. The monoisotopic (exact) mass is 357 g/mol. The third-order valence-corrected chi connectivity index (χ3v) is 5.06. The van der Waals surface area contributed by atoms with Crippen molar-refractivity contribution in [3.8, 4) is 0 Å². The maximum atomic E-state index is 10.5. The van der Waals surface area contributed by atoms with Gasteiger partial charge in [0.15, 0.2) is 0 Å². The molecule has 3 N–H and O–H groups in total. The van der Waals surface area contributed by atoms with Crippen molar-refractivity contribution < 1.29 is 5.11 Å². The van der Waals surface area contributed by atoms with E-state index in [0.29, 0.717) is 20.6 Å². The number of aliphatic hydroxyl groups is 1. The number of aliphatic hydroxyl groups excluding tert-OH is 1. The highest BCUT2D eigenvalue weighted by molar-refractivity contribution is 6.44. The molecular weight excluding hydrogens is 340 g/mol. The Hall–Kier alpha value is 0.300. The fourth-order valence-corrected chi connectivity index (χ4v) is 3.58. The van der Waals surface area contributed by atoms with Crippen LogP contribution in [0.4, 0.5) is 0 Å². The van der Waals surface area contributed by atoms with Crippen LogP contribution in [-0.2, 0) is 0 Å². The van der Waals surface area contributed by atoms with Gasteiger partial charge in [-0.15, -0.1) is 12.4 Å². The molecule has 1 aliphatic rings. The van der Waals surface area contributed by atoms with E-state index in [0.717, 1.165) is 25.7 Å². The lowest BCUT2D eigenvalue weighted by molar-refractivity contribution is 0.0618. The number of nitrogens with two attached hydrogens (primary N) is 1. The van der Waals surface area contributed by atoms with E-state index in [9.17, 15) is 5.11 Å². The summed E-state index contributed by atoms with van der Waals surface area (Å²) in [6.45, 7) is 0. The van der Waals surface area contributed by atoms with Gasteiger partial charge in [0.05, 0.1) is 22.2 Å². The highest BCUT2D eigenvalue weighted by Crippen LogP contribution is 2.39. The molecule has 6 heteroatoms. The molecule has 1 aromatic rings. The molecule has 1 fully saturated rings. The summed E-state index contributed by atoms with van der Waals surface area (Å²) in [4.78, 5) is 0. The Kier molecular flexibility index (Phi) is 7.40. The average Bonchev–Trinajstić information content (AvgIpc) is 2.43. The second kappa shape index (κ2) is 8.07. The minimum absolute atomic E-state index is 0. The Morgan fingerprint density at radius 3 is 2.20 bits per heavy atom. The first-order chi connectivity index (χ1) is 9.02. The van der Waals surface area contributed by atoms with Crippen LogP contribution >= 0.6 is 47.2 Å². The van der Waals surface area contributed by atoms with Crippen molar-refractivity contribution in [2.24, 2.45) is 11.7 Å². The molecule has 0 spiro atoms. The Morgan fingerprint density at radius 1 is 1.05 bits per heavy atom. The van der Waals surface area contributed by atoms with Crippen LogP contribution in [0.15, 0.2) is 12.1 Å². The van der Waals surface area contributed by atoms with Crippen LogP contribution in [0.1, 0.15) is 43.7 Å². The molecule has 0 bridgehead atoms. The van der Waals surface area contributed by atoms with Gasteiger partial charge in [0.25, 0.3) is 0 Å². The van der Waals surface area contributed by atoms with E-state index in [1.807, 2.05) is 0 Å². The van der Waals surface area contributed by atoms with Gasteiger partial charge in [-0.2, -0.15) is 0 Å². The van der Waals surface area contributed by atoms with Gasteiger partial charge >= 0.3 is 0 Å². The summed E-state index contributed by atoms with van der Waals surface area (Å²) in [5.41, 5.74) is 6.71. The van der Waals surface area contributed by atoms with Crippen molar-refractivity contribution in [3.05, 3.63) is 32.8 Å².